The monoisotopic (exact) mass is 394 g/mol. The molecule has 0 aromatic heterocycles. The van der Waals surface area contributed by atoms with Gasteiger partial charge in [-0.3, -0.25) is 9.69 Å². The summed E-state index contributed by atoms with van der Waals surface area (Å²) in [5.41, 5.74) is 4.21. The van der Waals surface area contributed by atoms with Crippen molar-refractivity contribution in [1.29, 1.82) is 5.26 Å². The van der Waals surface area contributed by atoms with E-state index in [-0.39, 0.29) is 18.7 Å². The van der Waals surface area contributed by atoms with Gasteiger partial charge in [0.25, 0.3) is 0 Å². The minimum Gasteiger partial charge on any atom is -0.460 e. The Morgan fingerprint density at radius 3 is 2.48 bits per heavy atom. The second-order valence-electron chi connectivity index (χ2n) is 8.78. The van der Waals surface area contributed by atoms with Crippen molar-refractivity contribution in [2.75, 3.05) is 7.05 Å². The lowest BCUT2D eigenvalue weighted by molar-refractivity contribution is -0.155. The Labute approximate surface area is 171 Å². The van der Waals surface area contributed by atoms with Gasteiger partial charge in [0.05, 0.1) is 18.4 Å². The van der Waals surface area contributed by atoms with Gasteiger partial charge in [-0.2, -0.15) is 5.26 Å². The summed E-state index contributed by atoms with van der Waals surface area (Å²) in [7, 11) is 2.08. The molecule has 0 spiro atoms. The molecule has 2 aromatic rings. The number of carbonyl (C=O) groups is 1. The first-order valence-corrected chi connectivity index (χ1v) is 9.85. The lowest BCUT2D eigenvalue weighted by Crippen LogP contribution is -2.25. The molecule has 0 fully saturated rings. The predicted octanol–water partition coefficient (Wildman–Crippen LogP) is 4.85. The zero-order valence-corrected chi connectivity index (χ0v) is 17.5. The predicted molar refractivity (Wildman–Crippen MR) is 110 cm³/mol. The number of hydrogen-bond acceptors (Lipinski definition) is 4. The minimum absolute atomic E-state index is 0.0483. The van der Waals surface area contributed by atoms with Gasteiger partial charge in [0.2, 0.25) is 0 Å². The highest BCUT2D eigenvalue weighted by Crippen LogP contribution is 2.29. The fourth-order valence-corrected chi connectivity index (χ4v) is 3.65. The van der Waals surface area contributed by atoms with E-state index in [9.17, 15) is 14.4 Å². The molecule has 1 atom stereocenters. The number of fused-ring (bicyclic) bond motifs is 1. The van der Waals surface area contributed by atoms with Crippen LogP contribution in [-0.2, 0) is 29.0 Å². The van der Waals surface area contributed by atoms with Crippen LogP contribution in [0, 0.1) is 23.1 Å². The fraction of sp³-hybridized carbons (Fsp3) is 0.417. The first kappa shape index (κ1) is 21.0. The molecule has 0 N–H and O–H groups in total. The largest absolute Gasteiger partial charge is 0.460 e. The zero-order valence-electron chi connectivity index (χ0n) is 17.5. The number of nitrogens with zero attached hydrogens (tertiary/aromatic N) is 2. The average Bonchev–Trinajstić information content (AvgIpc) is 3.00. The molecule has 0 saturated heterocycles. The van der Waals surface area contributed by atoms with Gasteiger partial charge in [-0.25, -0.2) is 4.39 Å². The number of halogens is 1. The van der Waals surface area contributed by atoms with Crippen LogP contribution >= 0.6 is 0 Å². The number of esters is 1. The maximum Gasteiger partial charge on any atom is 0.307 e. The molecule has 5 heteroatoms. The van der Waals surface area contributed by atoms with Crippen molar-refractivity contribution >= 4 is 5.97 Å². The van der Waals surface area contributed by atoms with E-state index in [2.05, 4.69) is 30.1 Å². The minimum atomic E-state index is -0.624. The number of carbonyl (C=O) groups excluding carboxylic acids is 1. The quantitative estimate of drug-likeness (QED) is 0.680. The molecule has 29 heavy (non-hydrogen) atoms. The molecule has 3 rings (SSSR count). The van der Waals surface area contributed by atoms with Gasteiger partial charge in [-0.05, 0) is 74.2 Å². The van der Waals surface area contributed by atoms with Gasteiger partial charge in [-0.15, -0.1) is 0 Å². The lowest BCUT2D eigenvalue weighted by atomic mass is 9.94. The SMILES string of the molecule is CN1Cc2ccc(-c3ccc(C[C@@H](C#N)CC(=O)OC(C)(C)C)c(F)c3)cc2C1. The van der Waals surface area contributed by atoms with E-state index in [1.54, 1.807) is 26.8 Å². The highest BCUT2D eigenvalue weighted by atomic mass is 19.1. The molecule has 0 saturated carbocycles. The van der Waals surface area contributed by atoms with Crippen molar-refractivity contribution in [3.05, 3.63) is 58.9 Å². The molecule has 4 nitrogen and oxygen atoms in total. The Hall–Kier alpha value is -2.71. The van der Waals surface area contributed by atoms with Gasteiger partial charge in [0.15, 0.2) is 0 Å². The van der Waals surface area contributed by atoms with Crippen LogP contribution in [0.25, 0.3) is 11.1 Å². The number of benzene rings is 2. The normalized spacial score (nSPS) is 14.9. The molecule has 152 valence electrons. The van der Waals surface area contributed by atoms with Crippen LogP contribution in [0.4, 0.5) is 4.39 Å². The molecule has 2 aromatic carbocycles. The first-order valence-electron chi connectivity index (χ1n) is 9.85. The van der Waals surface area contributed by atoms with E-state index in [0.717, 1.165) is 24.2 Å². The number of rotatable bonds is 5. The first-order chi connectivity index (χ1) is 13.6. The molecule has 1 aliphatic rings. The highest BCUT2D eigenvalue weighted by molar-refractivity contribution is 5.70. The third-order valence-corrected chi connectivity index (χ3v) is 4.96. The summed E-state index contributed by atoms with van der Waals surface area (Å²) in [5, 5.41) is 9.38. The molecule has 0 unspecified atom stereocenters. The van der Waals surface area contributed by atoms with Crippen LogP contribution in [0.15, 0.2) is 36.4 Å². The highest BCUT2D eigenvalue weighted by Gasteiger charge is 2.22. The number of nitriles is 1. The Morgan fingerprint density at radius 2 is 1.83 bits per heavy atom. The Kier molecular flexibility index (Phi) is 6.04. The van der Waals surface area contributed by atoms with E-state index in [1.807, 2.05) is 12.1 Å². The average molecular weight is 394 g/mol. The third kappa shape index (κ3) is 5.42. The van der Waals surface area contributed by atoms with Gasteiger partial charge >= 0.3 is 5.97 Å². The van der Waals surface area contributed by atoms with E-state index < -0.39 is 17.5 Å². The van der Waals surface area contributed by atoms with Gasteiger partial charge in [-0.1, -0.05) is 24.3 Å². The summed E-state index contributed by atoms with van der Waals surface area (Å²) in [6, 6.07) is 13.4. The van der Waals surface area contributed by atoms with Crippen LogP contribution in [-0.4, -0.2) is 23.5 Å². The molecule has 0 bridgehead atoms. The summed E-state index contributed by atoms with van der Waals surface area (Å²) < 4.78 is 20.0. The van der Waals surface area contributed by atoms with Crippen LogP contribution in [0.3, 0.4) is 0 Å². The van der Waals surface area contributed by atoms with Crippen LogP contribution in [0.5, 0.6) is 0 Å². The second kappa shape index (κ2) is 8.34. The zero-order chi connectivity index (χ0) is 21.2. The molecule has 0 amide bonds. The maximum absolute atomic E-state index is 14.7. The van der Waals surface area contributed by atoms with Crippen molar-refractivity contribution in [3.63, 3.8) is 0 Å². The summed E-state index contributed by atoms with van der Waals surface area (Å²) in [6.07, 6.45) is 0.129. The summed E-state index contributed by atoms with van der Waals surface area (Å²) in [4.78, 5) is 14.2. The van der Waals surface area contributed by atoms with Gasteiger partial charge in [0.1, 0.15) is 11.4 Å². The van der Waals surface area contributed by atoms with Crippen molar-refractivity contribution in [2.24, 2.45) is 5.92 Å². The van der Waals surface area contributed by atoms with Crippen molar-refractivity contribution in [1.82, 2.24) is 4.90 Å². The molecule has 0 aliphatic carbocycles. The van der Waals surface area contributed by atoms with Crippen molar-refractivity contribution in [2.45, 2.75) is 52.3 Å². The van der Waals surface area contributed by atoms with Gasteiger partial charge < -0.3 is 4.74 Å². The molecule has 1 aliphatic heterocycles. The second-order valence-corrected chi connectivity index (χ2v) is 8.78. The Balaban J connectivity index is 1.72. The topological polar surface area (TPSA) is 53.3 Å². The molecular formula is C24H27FN2O2. The van der Waals surface area contributed by atoms with E-state index in [1.165, 1.54) is 17.2 Å². The molecule has 0 radical (unpaired) electrons. The summed E-state index contributed by atoms with van der Waals surface area (Å²) in [5.74, 6) is -1.42. The third-order valence-electron chi connectivity index (χ3n) is 4.96. The Bertz CT molecular complexity index is 956. The molecular weight excluding hydrogens is 367 g/mol. The molecule has 1 heterocycles. The maximum atomic E-state index is 14.7. The van der Waals surface area contributed by atoms with Crippen LogP contribution < -0.4 is 0 Å². The summed E-state index contributed by atoms with van der Waals surface area (Å²) in [6.45, 7) is 7.18. The van der Waals surface area contributed by atoms with E-state index >= 15 is 0 Å². The smallest absolute Gasteiger partial charge is 0.307 e. The Morgan fingerprint density at radius 1 is 1.17 bits per heavy atom. The van der Waals surface area contributed by atoms with Gasteiger partial charge in [0, 0.05) is 13.1 Å². The van der Waals surface area contributed by atoms with Crippen LogP contribution in [0.1, 0.15) is 43.9 Å². The number of ether oxygens (including phenoxy) is 1. The van der Waals surface area contributed by atoms with E-state index in [4.69, 9.17) is 4.74 Å². The van der Waals surface area contributed by atoms with Crippen LogP contribution in [0.2, 0.25) is 0 Å². The van der Waals surface area contributed by atoms with Crippen molar-refractivity contribution < 1.29 is 13.9 Å². The number of hydrogen-bond donors (Lipinski definition) is 0. The fourth-order valence-electron chi connectivity index (χ4n) is 3.65. The van der Waals surface area contributed by atoms with Crippen molar-refractivity contribution in [3.8, 4) is 17.2 Å². The summed E-state index contributed by atoms with van der Waals surface area (Å²) >= 11 is 0. The van der Waals surface area contributed by atoms with E-state index in [0.29, 0.717) is 5.56 Å². The standard InChI is InChI=1S/C24H27FN2O2/c1-24(2,3)29-23(28)10-16(13-26)9-19-7-5-18(12-22(19)25)17-6-8-20-14-27(4)15-21(20)11-17/h5-8,11-12,16H,9-10,14-15H2,1-4H3/t16-/m1/s1. The lowest BCUT2D eigenvalue weighted by Gasteiger charge is -2.20.